The van der Waals surface area contributed by atoms with Gasteiger partial charge in [0.2, 0.25) is 0 Å². The third-order valence-electron chi connectivity index (χ3n) is 15.4. The smallest absolute Gasteiger partial charge is 0.338 e. The number of nitrogens with zero attached hydrogens (tertiary/aromatic N) is 1. The number of ether oxygens (including phenoxy) is 6. The molecule has 0 amide bonds. The minimum absolute atomic E-state index is 0.126. The van der Waals surface area contributed by atoms with Crippen LogP contribution in [-0.4, -0.2) is 134 Å². The normalized spacial score (nSPS) is 49.0. The maximum Gasteiger partial charge on any atom is 0.338 e. The molecule has 9 rings (SSSR count). The van der Waals surface area contributed by atoms with Gasteiger partial charge in [0.15, 0.2) is 5.60 Å². The molecule has 6 bridgehead atoms. The molecular weight excluding hydrogens is 670 g/mol. The molecule has 288 valence electrons. The van der Waals surface area contributed by atoms with E-state index in [2.05, 4.69) is 18.7 Å². The topological polar surface area (TPSA) is 153 Å². The fourth-order valence-electron chi connectivity index (χ4n) is 14.4. The highest BCUT2D eigenvalue weighted by Gasteiger charge is 3.04. The maximum absolute atomic E-state index is 14.3. The Bertz CT molecular complexity index is 1550. The lowest BCUT2D eigenvalue weighted by Gasteiger charge is -2.59. The minimum Gasteiger partial charge on any atom is -0.455 e. The summed E-state index contributed by atoms with van der Waals surface area (Å²) in [5.74, 6) is -3.42. The zero-order chi connectivity index (χ0) is 37.0. The molecule has 6 aliphatic carbocycles. The lowest BCUT2D eigenvalue weighted by atomic mass is 9.56. The van der Waals surface area contributed by atoms with Crippen molar-refractivity contribution in [1.82, 2.24) is 4.90 Å². The van der Waals surface area contributed by atoms with E-state index >= 15 is 0 Å². The molecule has 3 N–H and O–H groups in total. The zero-order valence-corrected chi connectivity index (χ0v) is 31.4. The summed E-state index contributed by atoms with van der Waals surface area (Å²) in [6.07, 6.45) is -1.53. The molecule has 0 radical (unpaired) electrons. The summed E-state index contributed by atoms with van der Waals surface area (Å²) in [5.41, 5.74) is -5.22. The predicted molar refractivity (Wildman–Crippen MR) is 186 cm³/mol. The number of carbonyl (C=O) groups excluding carboxylic acids is 2. The highest BCUT2D eigenvalue weighted by Crippen LogP contribution is 2.94. The van der Waals surface area contributed by atoms with E-state index in [0.29, 0.717) is 31.5 Å². The van der Waals surface area contributed by atoms with Crippen molar-refractivity contribution in [3.8, 4) is 0 Å². The quantitative estimate of drug-likeness (QED) is 0.191. The monoisotopic (exact) mass is 727 g/mol. The number of unbranched alkanes of at least 4 members (excludes halogenated alkanes) is 3. The Kier molecular flexibility index (Phi) is 8.98. The molecule has 8 aliphatic rings. The Morgan fingerprint density at radius 3 is 2.31 bits per heavy atom. The molecule has 1 aromatic rings. The standard InChI is InChI=1S/C40H57NO11/c1-7-9-10-14-17-26(43)52-39-27-23(19-37(46,34(50-6)32(39)44)33(27)51-35(45)22-15-12-11-13-16-22)38-30-28(39)29(49-5)31(38)36(21-47-3)20-41(8-2)40(30,38)25(48-4)18-24(36)42/h11-13,15-16,23-25,27-34,42,44,46H,7-10,14,17-21H2,1-6H3. The van der Waals surface area contributed by atoms with Gasteiger partial charge in [-0.05, 0) is 43.4 Å². The van der Waals surface area contributed by atoms with Crippen LogP contribution in [0.2, 0.25) is 0 Å². The number of fused-ring (bicyclic) bond motifs is 5. The second kappa shape index (κ2) is 12.7. The van der Waals surface area contributed by atoms with Gasteiger partial charge in [-0.25, -0.2) is 4.79 Å². The summed E-state index contributed by atoms with van der Waals surface area (Å²) in [5, 5.41) is 38.2. The molecule has 6 saturated carbocycles. The van der Waals surface area contributed by atoms with Crippen LogP contribution in [-0.2, 0) is 33.2 Å². The van der Waals surface area contributed by atoms with Gasteiger partial charge in [-0.3, -0.25) is 9.69 Å². The summed E-state index contributed by atoms with van der Waals surface area (Å²) in [6, 6.07) is 8.64. The minimum atomic E-state index is -1.81. The van der Waals surface area contributed by atoms with E-state index < -0.39 is 93.9 Å². The molecule has 12 heteroatoms. The lowest BCUT2D eigenvalue weighted by Crippen LogP contribution is -2.76. The predicted octanol–water partition coefficient (Wildman–Crippen LogP) is 2.60. The molecule has 2 saturated heterocycles. The molecule has 8 fully saturated rings. The number of hydrogen-bond donors (Lipinski definition) is 3. The molecule has 2 aliphatic heterocycles. The van der Waals surface area contributed by atoms with E-state index in [9.17, 15) is 24.9 Å². The molecule has 52 heavy (non-hydrogen) atoms. The van der Waals surface area contributed by atoms with E-state index in [1.54, 1.807) is 45.6 Å². The van der Waals surface area contributed by atoms with E-state index in [-0.39, 0.29) is 31.3 Å². The maximum atomic E-state index is 14.3. The van der Waals surface area contributed by atoms with Crippen LogP contribution in [0.15, 0.2) is 30.3 Å². The van der Waals surface area contributed by atoms with Crippen LogP contribution in [0, 0.1) is 40.4 Å². The van der Waals surface area contributed by atoms with Crippen molar-refractivity contribution in [1.29, 1.82) is 0 Å². The SMILES string of the molecule is CCCCCCC(=O)OC12C(O)C(OC)C3(O)CC(C1C3OC(=O)c1ccccc1)C13C4C(OC)C2C1C31C(OC)CC(O)C4(COC)CN1CC. The Morgan fingerprint density at radius 1 is 0.923 bits per heavy atom. The molecule has 16 atom stereocenters. The summed E-state index contributed by atoms with van der Waals surface area (Å²) in [4.78, 5) is 30.7. The molecule has 2 heterocycles. The van der Waals surface area contributed by atoms with Crippen LogP contribution < -0.4 is 0 Å². The zero-order valence-electron chi connectivity index (χ0n) is 31.4. The summed E-state index contributed by atoms with van der Waals surface area (Å²) in [6.45, 7) is 5.69. The first-order chi connectivity index (χ1) is 25.0. The molecule has 1 aromatic carbocycles. The molecule has 12 nitrogen and oxygen atoms in total. The first-order valence-electron chi connectivity index (χ1n) is 19.4. The fraction of sp³-hybridized carbons (Fsp3) is 0.800. The molecule has 0 aromatic heterocycles. The number of esters is 2. The van der Waals surface area contributed by atoms with Gasteiger partial charge in [-0.2, -0.15) is 0 Å². The van der Waals surface area contributed by atoms with Crippen molar-refractivity contribution in [3.05, 3.63) is 35.9 Å². The fourth-order valence-corrected chi connectivity index (χ4v) is 14.4. The van der Waals surface area contributed by atoms with E-state index in [4.69, 9.17) is 28.4 Å². The highest BCUT2D eigenvalue weighted by atomic mass is 16.6. The van der Waals surface area contributed by atoms with Crippen LogP contribution >= 0.6 is 0 Å². The number of carbonyl (C=O) groups is 2. The molecule has 16 unspecified atom stereocenters. The Morgan fingerprint density at radius 2 is 1.67 bits per heavy atom. The van der Waals surface area contributed by atoms with E-state index in [0.717, 1.165) is 19.3 Å². The number of aliphatic hydroxyl groups is 3. The van der Waals surface area contributed by atoms with Gasteiger partial charge in [0.1, 0.15) is 23.9 Å². The largest absolute Gasteiger partial charge is 0.455 e. The number of methoxy groups -OCH3 is 4. The van der Waals surface area contributed by atoms with Gasteiger partial charge in [0.25, 0.3) is 0 Å². The van der Waals surface area contributed by atoms with Crippen LogP contribution in [0.3, 0.4) is 0 Å². The number of rotatable bonds is 14. The third kappa shape index (κ3) is 4.11. The third-order valence-corrected chi connectivity index (χ3v) is 15.4. The molecular formula is C40H57NO11. The Balaban J connectivity index is 1.37. The average Bonchev–Trinajstić information content (AvgIpc) is 3.59. The van der Waals surface area contributed by atoms with Crippen molar-refractivity contribution in [2.45, 2.75) is 112 Å². The Labute approximate surface area is 306 Å². The lowest BCUT2D eigenvalue weighted by molar-refractivity contribution is -0.301. The van der Waals surface area contributed by atoms with Crippen LogP contribution in [0.4, 0.5) is 0 Å². The molecule has 2 spiro atoms. The van der Waals surface area contributed by atoms with Gasteiger partial charge in [-0.15, -0.1) is 0 Å². The van der Waals surface area contributed by atoms with Gasteiger partial charge in [-0.1, -0.05) is 51.3 Å². The number of piperidine rings is 1. The Hall–Kier alpha value is -2.16. The van der Waals surface area contributed by atoms with Crippen LogP contribution in [0.25, 0.3) is 0 Å². The van der Waals surface area contributed by atoms with E-state index in [1.807, 2.05) is 6.07 Å². The average molecular weight is 728 g/mol. The van der Waals surface area contributed by atoms with Gasteiger partial charge < -0.3 is 43.7 Å². The van der Waals surface area contributed by atoms with Crippen LogP contribution in [0.1, 0.15) is 69.2 Å². The summed E-state index contributed by atoms with van der Waals surface area (Å²) in [7, 11) is 6.44. The van der Waals surface area contributed by atoms with Gasteiger partial charge in [0.05, 0.1) is 36.0 Å². The summed E-state index contributed by atoms with van der Waals surface area (Å²) >= 11 is 0. The van der Waals surface area contributed by atoms with Crippen molar-refractivity contribution >= 4 is 11.9 Å². The van der Waals surface area contributed by atoms with Gasteiger partial charge >= 0.3 is 11.9 Å². The highest BCUT2D eigenvalue weighted by molar-refractivity contribution is 5.89. The number of hydrogen-bond acceptors (Lipinski definition) is 12. The first-order valence-corrected chi connectivity index (χ1v) is 19.4. The summed E-state index contributed by atoms with van der Waals surface area (Å²) < 4.78 is 38.4. The van der Waals surface area contributed by atoms with Crippen molar-refractivity contribution in [3.63, 3.8) is 0 Å². The number of aliphatic hydroxyl groups excluding tert-OH is 2. The second-order valence-corrected chi connectivity index (χ2v) is 16.9. The van der Waals surface area contributed by atoms with Crippen LogP contribution in [0.5, 0.6) is 0 Å². The van der Waals surface area contributed by atoms with Gasteiger partial charge in [0, 0.05) is 76.4 Å². The first kappa shape index (κ1) is 36.8. The number of likely N-dealkylation sites (N-methyl/N-ethyl adjacent to an activating group) is 1. The van der Waals surface area contributed by atoms with E-state index in [1.165, 1.54) is 7.11 Å². The second-order valence-electron chi connectivity index (χ2n) is 16.9. The van der Waals surface area contributed by atoms with Crippen molar-refractivity contribution < 1.29 is 53.3 Å². The number of benzene rings is 1. The van der Waals surface area contributed by atoms with Crippen molar-refractivity contribution in [2.24, 2.45) is 40.4 Å². The van der Waals surface area contributed by atoms with Crippen molar-refractivity contribution in [2.75, 3.05) is 48.1 Å².